The average molecular weight is 212 g/mol. The molecule has 2 N–H and O–H groups in total. The van der Waals surface area contributed by atoms with Crippen LogP contribution in [0.4, 0.5) is 13.2 Å². The van der Waals surface area contributed by atoms with Crippen LogP contribution >= 0.6 is 11.6 Å². The van der Waals surface area contributed by atoms with Gasteiger partial charge in [-0.25, -0.2) is 0 Å². The average Bonchev–Trinajstić information content (AvgIpc) is 2.00. The molecule has 0 radical (unpaired) electrons. The zero-order chi connectivity index (χ0) is 10.5. The molecule has 0 saturated heterocycles. The Kier molecular flexibility index (Phi) is 4.62. The summed E-state index contributed by atoms with van der Waals surface area (Å²) < 4.78 is 34.9. The Balaban J connectivity index is 4.22. The molecule has 13 heavy (non-hydrogen) atoms. The summed E-state index contributed by atoms with van der Waals surface area (Å²) >= 11 is 5.49. The van der Waals surface area contributed by atoms with E-state index in [0.717, 1.165) is 12.2 Å². The van der Waals surface area contributed by atoms with Crippen molar-refractivity contribution in [3.63, 3.8) is 0 Å². The summed E-state index contributed by atoms with van der Waals surface area (Å²) in [6.45, 7) is 3.32. The highest BCUT2D eigenvalue weighted by molar-refractivity contribution is 6.31. The first-order chi connectivity index (χ1) is 5.87. The van der Waals surface area contributed by atoms with Crippen LogP contribution in [0.1, 0.15) is 6.42 Å². The Morgan fingerprint density at radius 2 is 2.00 bits per heavy atom. The largest absolute Gasteiger partial charge is 0.398 e. The fourth-order valence-corrected chi connectivity index (χ4v) is 0.656. The minimum atomic E-state index is -4.21. The maximum absolute atomic E-state index is 11.6. The van der Waals surface area contributed by atoms with Crippen LogP contribution in [0.3, 0.4) is 0 Å². The van der Waals surface area contributed by atoms with E-state index in [-0.39, 0.29) is 10.7 Å². The number of nitrogens with two attached hydrogens (primary N) is 1. The van der Waals surface area contributed by atoms with Gasteiger partial charge >= 0.3 is 6.18 Å². The molecule has 0 aliphatic heterocycles. The first-order valence-corrected chi connectivity index (χ1v) is 3.75. The molecule has 0 rings (SSSR count). The van der Waals surface area contributed by atoms with Crippen LogP contribution in [-0.4, -0.2) is 6.18 Å². The van der Waals surface area contributed by atoms with E-state index in [0.29, 0.717) is 0 Å². The van der Waals surface area contributed by atoms with Gasteiger partial charge in [0.15, 0.2) is 0 Å². The van der Waals surface area contributed by atoms with Crippen molar-refractivity contribution in [3.05, 3.63) is 35.5 Å². The number of hydrogen-bond acceptors (Lipinski definition) is 1. The van der Waals surface area contributed by atoms with Crippen molar-refractivity contribution in [1.82, 2.24) is 0 Å². The monoisotopic (exact) mass is 211 g/mol. The second-order valence-electron chi connectivity index (χ2n) is 2.23. The molecule has 0 heterocycles. The Hall–Kier alpha value is -0.900. The van der Waals surface area contributed by atoms with Gasteiger partial charge in [0.05, 0.1) is 11.5 Å². The second-order valence-corrected chi connectivity index (χ2v) is 2.64. The Labute approximate surface area is 79.4 Å². The van der Waals surface area contributed by atoms with E-state index in [4.69, 9.17) is 17.3 Å². The lowest BCUT2D eigenvalue weighted by Crippen LogP contribution is -2.04. The predicted molar refractivity (Wildman–Crippen MR) is 47.1 cm³/mol. The van der Waals surface area contributed by atoms with Crippen molar-refractivity contribution >= 4 is 11.6 Å². The van der Waals surface area contributed by atoms with Gasteiger partial charge < -0.3 is 5.73 Å². The molecule has 0 amide bonds. The van der Waals surface area contributed by atoms with E-state index in [1.54, 1.807) is 0 Å². The molecule has 0 aromatic rings. The molecule has 0 fully saturated rings. The van der Waals surface area contributed by atoms with Crippen molar-refractivity contribution in [1.29, 1.82) is 0 Å². The second kappa shape index (κ2) is 4.97. The molecule has 0 aromatic carbocycles. The lowest BCUT2D eigenvalue weighted by atomic mass is 10.3. The summed E-state index contributed by atoms with van der Waals surface area (Å²) in [5, 5.41) is 0.0549. The maximum atomic E-state index is 11.6. The van der Waals surface area contributed by atoms with Crippen LogP contribution in [0.5, 0.6) is 0 Å². The van der Waals surface area contributed by atoms with Gasteiger partial charge in [0.2, 0.25) is 0 Å². The third kappa shape index (κ3) is 6.28. The van der Waals surface area contributed by atoms with Gasteiger partial charge in [0, 0.05) is 5.70 Å². The van der Waals surface area contributed by atoms with Crippen LogP contribution in [-0.2, 0) is 0 Å². The Bertz CT molecular complexity index is 240. The number of alkyl halides is 3. The van der Waals surface area contributed by atoms with Crippen molar-refractivity contribution in [2.75, 3.05) is 0 Å². The van der Waals surface area contributed by atoms with Crippen LogP contribution < -0.4 is 5.73 Å². The van der Waals surface area contributed by atoms with Crippen LogP contribution in [0, 0.1) is 0 Å². The lowest BCUT2D eigenvalue weighted by Gasteiger charge is -2.00. The molecular formula is C8H9ClF3N. The fourth-order valence-electron chi connectivity index (χ4n) is 0.490. The van der Waals surface area contributed by atoms with Gasteiger partial charge in [0.25, 0.3) is 0 Å². The normalized spacial score (nSPS) is 14.5. The molecule has 0 aliphatic carbocycles. The maximum Gasteiger partial charge on any atom is 0.392 e. The van der Waals surface area contributed by atoms with Gasteiger partial charge in [-0.3, -0.25) is 0 Å². The summed E-state index contributed by atoms with van der Waals surface area (Å²) in [5.74, 6) is 0. The highest BCUT2D eigenvalue weighted by Crippen LogP contribution is 2.20. The highest BCUT2D eigenvalue weighted by Gasteiger charge is 2.24. The molecule has 0 unspecified atom stereocenters. The summed E-state index contributed by atoms with van der Waals surface area (Å²) in [7, 11) is 0. The SMILES string of the molecule is C=C/C(N)=C(Cl)\C=C/CC(F)(F)F. The topological polar surface area (TPSA) is 26.0 Å². The van der Waals surface area contributed by atoms with Crippen LogP contribution in [0.2, 0.25) is 0 Å². The number of rotatable bonds is 3. The summed E-state index contributed by atoms with van der Waals surface area (Å²) in [4.78, 5) is 0. The molecular weight excluding hydrogens is 203 g/mol. The van der Waals surface area contributed by atoms with E-state index in [1.807, 2.05) is 0 Å². The zero-order valence-electron chi connectivity index (χ0n) is 6.74. The first-order valence-electron chi connectivity index (χ1n) is 3.38. The third-order valence-electron chi connectivity index (χ3n) is 1.11. The van der Waals surface area contributed by atoms with Crippen molar-refractivity contribution in [2.24, 2.45) is 5.73 Å². The van der Waals surface area contributed by atoms with Crippen molar-refractivity contribution < 1.29 is 13.2 Å². The quantitative estimate of drug-likeness (QED) is 0.714. The highest BCUT2D eigenvalue weighted by atomic mass is 35.5. The Morgan fingerprint density at radius 1 is 1.46 bits per heavy atom. The molecule has 0 spiro atoms. The van der Waals surface area contributed by atoms with Gasteiger partial charge in [0.1, 0.15) is 0 Å². The minimum Gasteiger partial charge on any atom is -0.398 e. The van der Waals surface area contributed by atoms with Crippen LogP contribution in [0.15, 0.2) is 35.5 Å². The van der Waals surface area contributed by atoms with E-state index < -0.39 is 12.6 Å². The molecule has 1 nitrogen and oxygen atoms in total. The molecule has 74 valence electrons. The van der Waals surface area contributed by atoms with Crippen LogP contribution in [0.25, 0.3) is 0 Å². The number of allylic oxidation sites excluding steroid dienone is 4. The van der Waals surface area contributed by atoms with Gasteiger partial charge in [-0.2, -0.15) is 13.2 Å². The molecule has 0 bridgehead atoms. The summed E-state index contributed by atoms with van der Waals surface area (Å²) in [6, 6.07) is 0. The first kappa shape index (κ1) is 12.1. The van der Waals surface area contributed by atoms with E-state index >= 15 is 0 Å². The van der Waals surface area contributed by atoms with Gasteiger partial charge in [-0.15, -0.1) is 0 Å². The summed E-state index contributed by atoms with van der Waals surface area (Å²) in [6.07, 6.45) is -1.96. The molecule has 0 saturated carbocycles. The van der Waals surface area contributed by atoms with Gasteiger partial charge in [-0.05, 0) is 12.2 Å². The smallest absolute Gasteiger partial charge is 0.392 e. The Morgan fingerprint density at radius 3 is 2.38 bits per heavy atom. The summed E-state index contributed by atoms with van der Waals surface area (Å²) in [5.41, 5.74) is 5.42. The standard InChI is InChI=1S/C8H9ClF3N/c1-2-7(13)6(9)4-3-5-8(10,11)12/h2-4H,1,5,13H2/b4-3-,7-6-. The lowest BCUT2D eigenvalue weighted by molar-refractivity contribution is -0.125. The molecule has 0 aromatic heterocycles. The third-order valence-corrected chi connectivity index (χ3v) is 1.45. The van der Waals surface area contributed by atoms with Crippen molar-refractivity contribution in [2.45, 2.75) is 12.6 Å². The zero-order valence-corrected chi connectivity index (χ0v) is 7.49. The van der Waals surface area contributed by atoms with E-state index in [9.17, 15) is 13.2 Å². The molecule has 5 heteroatoms. The number of halogens is 4. The minimum absolute atomic E-state index is 0.0549. The predicted octanol–water partition coefficient (Wildman–Crippen LogP) is 3.09. The van der Waals surface area contributed by atoms with Crippen molar-refractivity contribution in [3.8, 4) is 0 Å². The molecule has 0 aliphatic rings. The van der Waals surface area contributed by atoms with E-state index in [2.05, 4.69) is 6.58 Å². The number of hydrogen-bond donors (Lipinski definition) is 1. The van der Waals surface area contributed by atoms with Gasteiger partial charge in [-0.1, -0.05) is 24.3 Å². The fraction of sp³-hybridized carbons (Fsp3) is 0.250. The van der Waals surface area contributed by atoms with E-state index in [1.165, 1.54) is 6.08 Å². The molecule has 0 atom stereocenters.